The molecule has 0 unspecified atom stereocenters. The maximum Gasteiger partial charge on any atom is 0.223 e. The Morgan fingerprint density at radius 3 is 2.72 bits per heavy atom. The highest BCUT2D eigenvalue weighted by Gasteiger charge is 2.38. The summed E-state index contributed by atoms with van der Waals surface area (Å²) in [5.74, 6) is 0.0910. The third-order valence-electron chi connectivity index (χ3n) is 5.73. The Morgan fingerprint density at radius 2 is 2.00 bits per heavy atom. The normalized spacial score (nSPS) is 24.0. The Balaban J connectivity index is 1.59. The molecule has 4 nitrogen and oxygen atoms in total. The maximum atomic E-state index is 13.8. The van der Waals surface area contributed by atoms with Gasteiger partial charge in [0.1, 0.15) is 0 Å². The Bertz CT molecular complexity index is 607. The number of likely N-dealkylation sites (tertiary alicyclic amines) is 2. The van der Waals surface area contributed by atoms with Crippen molar-refractivity contribution in [2.75, 3.05) is 26.7 Å². The molecule has 1 aromatic carbocycles. The molecular formula is C20H29FN2O2. The van der Waals surface area contributed by atoms with Crippen LogP contribution in [-0.4, -0.2) is 54.5 Å². The molecule has 0 bridgehead atoms. The van der Waals surface area contributed by atoms with Crippen molar-refractivity contribution in [1.82, 2.24) is 9.80 Å². The highest BCUT2D eigenvalue weighted by Crippen LogP contribution is 2.30. The summed E-state index contributed by atoms with van der Waals surface area (Å²) in [4.78, 5) is 17.4. The van der Waals surface area contributed by atoms with Crippen LogP contribution in [0.5, 0.6) is 5.75 Å². The SMILES string of the molecule is CCN1CCC[C@@H]1[C@H]1CCCN1C(=O)CCc1ccc(OC)c(F)c1. The summed E-state index contributed by atoms with van der Waals surface area (Å²) in [7, 11) is 1.46. The van der Waals surface area contributed by atoms with Gasteiger partial charge in [-0.1, -0.05) is 13.0 Å². The Hall–Kier alpha value is -1.62. The van der Waals surface area contributed by atoms with Crippen LogP contribution >= 0.6 is 0 Å². The zero-order chi connectivity index (χ0) is 17.8. The number of benzene rings is 1. The molecule has 2 aliphatic rings. The molecule has 1 aromatic rings. The zero-order valence-electron chi connectivity index (χ0n) is 15.3. The van der Waals surface area contributed by atoms with Crippen LogP contribution in [0, 0.1) is 5.82 Å². The van der Waals surface area contributed by atoms with Gasteiger partial charge in [0.15, 0.2) is 11.6 Å². The lowest BCUT2D eigenvalue weighted by atomic mass is 10.0. The fourth-order valence-corrected chi connectivity index (χ4v) is 4.44. The molecule has 2 saturated heterocycles. The number of hydrogen-bond donors (Lipinski definition) is 0. The molecule has 3 rings (SSSR count). The summed E-state index contributed by atoms with van der Waals surface area (Å²) in [5.41, 5.74) is 0.846. The lowest BCUT2D eigenvalue weighted by molar-refractivity contribution is -0.133. The molecular weight excluding hydrogens is 319 g/mol. The molecule has 0 saturated carbocycles. The molecule has 0 N–H and O–H groups in total. The fourth-order valence-electron chi connectivity index (χ4n) is 4.44. The Morgan fingerprint density at radius 1 is 1.24 bits per heavy atom. The van der Waals surface area contributed by atoms with Crippen LogP contribution < -0.4 is 4.74 Å². The smallest absolute Gasteiger partial charge is 0.223 e. The number of ether oxygens (including phenoxy) is 1. The van der Waals surface area contributed by atoms with Crippen molar-refractivity contribution in [2.24, 2.45) is 0 Å². The van der Waals surface area contributed by atoms with E-state index in [9.17, 15) is 9.18 Å². The zero-order valence-corrected chi connectivity index (χ0v) is 15.3. The lowest BCUT2D eigenvalue weighted by Gasteiger charge is -2.34. The molecule has 0 aliphatic carbocycles. The van der Waals surface area contributed by atoms with Crippen LogP contribution in [0.3, 0.4) is 0 Å². The molecule has 2 heterocycles. The maximum absolute atomic E-state index is 13.8. The summed E-state index contributed by atoms with van der Waals surface area (Å²) in [6.45, 7) is 5.30. The van der Waals surface area contributed by atoms with E-state index in [0.29, 0.717) is 24.9 Å². The second kappa shape index (κ2) is 8.17. The van der Waals surface area contributed by atoms with Gasteiger partial charge >= 0.3 is 0 Å². The van der Waals surface area contributed by atoms with Gasteiger partial charge in [0.2, 0.25) is 5.91 Å². The first-order chi connectivity index (χ1) is 12.1. The minimum atomic E-state index is -0.365. The van der Waals surface area contributed by atoms with E-state index < -0.39 is 0 Å². The van der Waals surface area contributed by atoms with Crippen LogP contribution in [0.2, 0.25) is 0 Å². The van der Waals surface area contributed by atoms with E-state index in [1.807, 2.05) is 6.07 Å². The second-order valence-electron chi connectivity index (χ2n) is 7.10. The molecule has 0 radical (unpaired) electrons. The Kier molecular flexibility index (Phi) is 5.94. The van der Waals surface area contributed by atoms with Gasteiger partial charge in [0.05, 0.1) is 7.11 Å². The van der Waals surface area contributed by atoms with Crippen molar-refractivity contribution < 1.29 is 13.9 Å². The predicted molar refractivity (Wildman–Crippen MR) is 96.3 cm³/mol. The third-order valence-corrected chi connectivity index (χ3v) is 5.73. The van der Waals surface area contributed by atoms with Gasteiger partial charge in [-0.05, 0) is 62.9 Å². The van der Waals surface area contributed by atoms with Gasteiger partial charge in [-0.3, -0.25) is 9.69 Å². The lowest BCUT2D eigenvalue weighted by Crippen LogP contribution is -2.48. The second-order valence-corrected chi connectivity index (χ2v) is 7.10. The molecule has 25 heavy (non-hydrogen) atoms. The van der Waals surface area contributed by atoms with Gasteiger partial charge in [-0.15, -0.1) is 0 Å². The molecule has 0 aromatic heterocycles. The van der Waals surface area contributed by atoms with Gasteiger partial charge in [0.25, 0.3) is 0 Å². The standard InChI is InChI=1S/C20H29FN2O2/c1-3-22-12-4-6-17(22)18-7-5-13-23(18)20(24)11-9-15-8-10-19(25-2)16(21)14-15/h8,10,14,17-18H,3-7,9,11-13H2,1-2H3/t17-,18-/m1/s1. The van der Waals surface area contributed by atoms with Gasteiger partial charge < -0.3 is 9.64 Å². The van der Waals surface area contributed by atoms with E-state index >= 15 is 0 Å². The highest BCUT2D eigenvalue weighted by molar-refractivity contribution is 5.77. The summed E-state index contributed by atoms with van der Waals surface area (Å²) in [6, 6.07) is 5.83. The number of halogens is 1. The molecule has 1 amide bonds. The van der Waals surface area contributed by atoms with Crippen LogP contribution in [0.25, 0.3) is 0 Å². The number of carbonyl (C=O) groups is 1. The largest absolute Gasteiger partial charge is 0.494 e. The number of aryl methyl sites for hydroxylation is 1. The average molecular weight is 348 g/mol. The number of nitrogens with zero attached hydrogens (tertiary/aromatic N) is 2. The number of amides is 1. The van der Waals surface area contributed by atoms with Crippen LogP contribution in [0.15, 0.2) is 18.2 Å². The van der Waals surface area contributed by atoms with Crippen molar-refractivity contribution in [3.63, 3.8) is 0 Å². The quantitative estimate of drug-likeness (QED) is 0.791. The van der Waals surface area contributed by atoms with Crippen molar-refractivity contribution in [3.05, 3.63) is 29.6 Å². The summed E-state index contributed by atoms with van der Waals surface area (Å²) in [6.07, 6.45) is 5.67. The van der Waals surface area contributed by atoms with Crippen molar-refractivity contribution in [1.29, 1.82) is 0 Å². The van der Waals surface area contributed by atoms with E-state index in [1.54, 1.807) is 6.07 Å². The first kappa shape index (κ1) is 18.2. The fraction of sp³-hybridized carbons (Fsp3) is 0.650. The van der Waals surface area contributed by atoms with Crippen molar-refractivity contribution in [3.8, 4) is 5.75 Å². The van der Waals surface area contributed by atoms with Gasteiger partial charge in [-0.25, -0.2) is 4.39 Å². The molecule has 2 fully saturated rings. The third kappa shape index (κ3) is 3.97. The first-order valence-corrected chi connectivity index (χ1v) is 9.50. The molecule has 138 valence electrons. The minimum absolute atomic E-state index is 0.210. The molecule has 5 heteroatoms. The first-order valence-electron chi connectivity index (χ1n) is 9.50. The topological polar surface area (TPSA) is 32.8 Å². The molecule has 2 aliphatic heterocycles. The van der Waals surface area contributed by atoms with Gasteiger partial charge in [0, 0.05) is 25.0 Å². The van der Waals surface area contributed by atoms with E-state index in [-0.39, 0.29) is 17.5 Å². The molecule has 2 atom stereocenters. The van der Waals surface area contributed by atoms with E-state index in [0.717, 1.165) is 38.0 Å². The summed E-state index contributed by atoms with van der Waals surface area (Å²) >= 11 is 0. The minimum Gasteiger partial charge on any atom is -0.494 e. The number of methoxy groups -OCH3 is 1. The summed E-state index contributed by atoms with van der Waals surface area (Å²) < 4.78 is 18.7. The van der Waals surface area contributed by atoms with E-state index in [1.165, 1.54) is 26.0 Å². The number of carbonyl (C=O) groups excluding carboxylic acids is 1. The van der Waals surface area contributed by atoms with Crippen LogP contribution in [0.1, 0.15) is 44.6 Å². The number of likely N-dealkylation sites (N-methyl/N-ethyl adjacent to an activating group) is 1. The molecule has 0 spiro atoms. The Labute approximate surface area is 149 Å². The predicted octanol–water partition coefficient (Wildman–Crippen LogP) is 3.24. The number of hydrogen-bond acceptors (Lipinski definition) is 3. The van der Waals surface area contributed by atoms with Crippen molar-refractivity contribution in [2.45, 2.75) is 57.5 Å². The highest BCUT2D eigenvalue weighted by atomic mass is 19.1. The summed E-state index contributed by atoms with van der Waals surface area (Å²) in [5, 5.41) is 0. The van der Waals surface area contributed by atoms with E-state index in [2.05, 4.69) is 16.7 Å². The monoisotopic (exact) mass is 348 g/mol. The number of rotatable bonds is 6. The van der Waals surface area contributed by atoms with Crippen LogP contribution in [-0.2, 0) is 11.2 Å². The van der Waals surface area contributed by atoms with Crippen molar-refractivity contribution >= 4 is 5.91 Å². The van der Waals surface area contributed by atoms with Crippen LogP contribution in [0.4, 0.5) is 4.39 Å². The van der Waals surface area contributed by atoms with Gasteiger partial charge in [-0.2, -0.15) is 0 Å². The van der Waals surface area contributed by atoms with E-state index in [4.69, 9.17) is 4.74 Å². The average Bonchev–Trinajstić information content (AvgIpc) is 3.27.